The molecule has 4 heteroatoms. The number of carbonyl (C=O) groups is 2. The van der Waals surface area contributed by atoms with E-state index in [9.17, 15) is 9.59 Å². The molecule has 0 saturated heterocycles. The third kappa shape index (κ3) is 5.76. The molecule has 0 aliphatic rings. The van der Waals surface area contributed by atoms with Gasteiger partial charge in [0.1, 0.15) is 6.04 Å². The van der Waals surface area contributed by atoms with E-state index >= 15 is 0 Å². The Morgan fingerprint density at radius 3 is 2.26 bits per heavy atom. The first kappa shape index (κ1) is 20.8. The van der Waals surface area contributed by atoms with E-state index < -0.39 is 0 Å². The molecule has 2 aromatic carbocycles. The number of aryl methyl sites for hydroxylation is 1. The molecule has 0 bridgehead atoms. The van der Waals surface area contributed by atoms with E-state index in [-0.39, 0.29) is 23.8 Å². The zero-order valence-corrected chi connectivity index (χ0v) is 17.0. The van der Waals surface area contributed by atoms with Gasteiger partial charge in [-0.05, 0) is 38.0 Å². The summed E-state index contributed by atoms with van der Waals surface area (Å²) in [4.78, 5) is 24.2. The summed E-state index contributed by atoms with van der Waals surface area (Å²) in [6, 6.07) is 15.7. The summed E-state index contributed by atoms with van der Waals surface area (Å²) in [5.74, 6) is 0.321. The van der Waals surface area contributed by atoms with Gasteiger partial charge in [0, 0.05) is 22.7 Å². The minimum absolute atomic E-state index is 0.0129. The molecule has 0 aromatic heterocycles. The van der Waals surface area contributed by atoms with Crippen molar-refractivity contribution in [2.45, 2.75) is 53.1 Å². The van der Waals surface area contributed by atoms with E-state index in [1.165, 1.54) is 18.1 Å². The maximum atomic E-state index is 12.7. The highest BCUT2D eigenvalue weighted by Crippen LogP contribution is 2.19. The molecular weight excluding hydrogens is 336 g/mol. The molecule has 0 heterocycles. The molecule has 0 saturated carbocycles. The normalized spacial score (nSPS) is 13.3. The number of nitrogens with two attached hydrogens (primary N) is 1. The lowest BCUT2D eigenvalue weighted by molar-refractivity contribution is -0.718. The van der Waals surface area contributed by atoms with Crippen molar-refractivity contribution in [1.82, 2.24) is 0 Å². The van der Waals surface area contributed by atoms with Crippen molar-refractivity contribution >= 4 is 17.4 Å². The van der Waals surface area contributed by atoms with Crippen molar-refractivity contribution in [3.05, 3.63) is 65.2 Å². The summed E-state index contributed by atoms with van der Waals surface area (Å²) >= 11 is 0. The maximum absolute atomic E-state index is 12.7. The van der Waals surface area contributed by atoms with Crippen molar-refractivity contribution in [3.8, 4) is 0 Å². The zero-order chi connectivity index (χ0) is 20.0. The largest absolute Gasteiger partial charge is 0.330 e. The standard InChI is InChI=1S/C23H30N2O2/c1-6-18-10-12-19(13-11-18)22(15(2)3)24-16(4)23(27)25-21-9-7-8-20(14-21)17(5)26/h7-16,22,24H,6H2,1-5H3,(H,25,27)/p+1/t16-,22+/m1/s1. The number of Topliss-reactive ketones (excluding diaryl/α,β-unsaturated/α-hetero) is 1. The quantitative estimate of drug-likeness (QED) is 0.698. The number of amides is 1. The molecule has 3 N–H and O–H groups in total. The fraction of sp³-hybridized carbons (Fsp3) is 0.391. The van der Waals surface area contributed by atoms with Gasteiger partial charge in [-0.2, -0.15) is 0 Å². The second kappa shape index (κ2) is 9.47. The summed E-state index contributed by atoms with van der Waals surface area (Å²) < 4.78 is 0. The minimum Gasteiger partial charge on any atom is -0.330 e. The van der Waals surface area contributed by atoms with Crippen molar-refractivity contribution in [2.75, 3.05) is 5.32 Å². The average molecular weight is 368 g/mol. The van der Waals surface area contributed by atoms with Crippen molar-refractivity contribution in [1.29, 1.82) is 0 Å². The summed E-state index contributed by atoms with van der Waals surface area (Å²) in [7, 11) is 0. The van der Waals surface area contributed by atoms with Gasteiger partial charge in [-0.3, -0.25) is 9.59 Å². The fourth-order valence-corrected chi connectivity index (χ4v) is 3.16. The van der Waals surface area contributed by atoms with Crippen molar-refractivity contribution in [3.63, 3.8) is 0 Å². The molecule has 2 aromatic rings. The number of hydrogen-bond donors (Lipinski definition) is 2. The summed E-state index contributed by atoms with van der Waals surface area (Å²) in [6.07, 6.45) is 1.02. The molecule has 27 heavy (non-hydrogen) atoms. The molecule has 144 valence electrons. The Bertz CT molecular complexity index is 781. The Morgan fingerprint density at radius 1 is 1.04 bits per heavy atom. The van der Waals surface area contributed by atoms with Crippen LogP contribution in [0, 0.1) is 5.92 Å². The smallest absolute Gasteiger partial charge is 0.282 e. The van der Waals surface area contributed by atoms with Gasteiger partial charge >= 0.3 is 0 Å². The van der Waals surface area contributed by atoms with Crippen molar-refractivity contribution < 1.29 is 14.9 Å². The molecule has 1 amide bonds. The number of anilines is 1. The van der Waals surface area contributed by atoms with Crippen LogP contribution in [0.3, 0.4) is 0 Å². The number of benzene rings is 2. The Kier molecular flexibility index (Phi) is 7.31. The van der Waals surface area contributed by atoms with Crippen LogP contribution < -0.4 is 10.6 Å². The van der Waals surface area contributed by atoms with Gasteiger partial charge in [0.25, 0.3) is 5.91 Å². The van der Waals surface area contributed by atoms with E-state index in [2.05, 4.69) is 55.7 Å². The van der Waals surface area contributed by atoms with Gasteiger partial charge in [0.2, 0.25) is 0 Å². The van der Waals surface area contributed by atoms with E-state index in [0.29, 0.717) is 17.2 Å². The Morgan fingerprint density at radius 2 is 1.70 bits per heavy atom. The van der Waals surface area contributed by atoms with Crippen LogP contribution in [0.4, 0.5) is 5.69 Å². The van der Waals surface area contributed by atoms with Crippen LogP contribution in [0.2, 0.25) is 0 Å². The first-order valence-corrected chi connectivity index (χ1v) is 9.67. The van der Waals surface area contributed by atoms with Gasteiger partial charge < -0.3 is 10.6 Å². The van der Waals surface area contributed by atoms with Crippen LogP contribution in [0.25, 0.3) is 0 Å². The second-order valence-corrected chi connectivity index (χ2v) is 7.47. The first-order chi connectivity index (χ1) is 12.8. The predicted molar refractivity (Wildman–Crippen MR) is 110 cm³/mol. The number of quaternary nitrogens is 1. The lowest BCUT2D eigenvalue weighted by atomic mass is 9.94. The highest BCUT2D eigenvalue weighted by molar-refractivity contribution is 5.97. The number of nitrogens with one attached hydrogen (secondary N) is 1. The molecule has 2 rings (SSSR count). The van der Waals surface area contributed by atoms with Gasteiger partial charge in [0.15, 0.2) is 11.8 Å². The van der Waals surface area contributed by atoms with E-state index in [4.69, 9.17) is 0 Å². The topological polar surface area (TPSA) is 62.8 Å². The molecule has 0 radical (unpaired) electrons. The monoisotopic (exact) mass is 367 g/mol. The molecule has 2 atom stereocenters. The summed E-state index contributed by atoms with van der Waals surface area (Å²) in [5.41, 5.74) is 3.81. The Hall–Kier alpha value is -2.46. The van der Waals surface area contributed by atoms with E-state index in [1.54, 1.807) is 24.3 Å². The maximum Gasteiger partial charge on any atom is 0.282 e. The Labute approximate surface area is 162 Å². The molecule has 0 unspecified atom stereocenters. The highest BCUT2D eigenvalue weighted by atomic mass is 16.2. The third-order valence-corrected chi connectivity index (χ3v) is 4.94. The Balaban J connectivity index is 2.07. The fourth-order valence-electron chi connectivity index (χ4n) is 3.16. The molecule has 0 spiro atoms. The number of hydrogen-bond acceptors (Lipinski definition) is 2. The number of ketones is 1. The number of carbonyl (C=O) groups excluding carboxylic acids is 2. The van der Waals surface area contributed by atoms with Crippen LogP contribution in [0.15, 0.2) is 48.5 Å². The summed E-state index contributed by atoms with van der Waals surface area (Å²) in [6.45, 7) is 9.94. The van der Waals surface area contributed by atoms with E-state index in [1.807, 2.05) is 6.92 Å². The number of rotatable bonds is 8. The second-order valence-electron chi connectivity index (χ2n) is 7.47. The van der Waals surface area contributed by atoms with E-state index in [0.717, 1.165) is 6.42 Å². The lowest BCUT2D eigenvalue weighted by Crippen LogP contribution is -2.93. The lowest BCUT2D eigenvalue weighted by Gasteiger charge is -2.23. The van der Waals surface area contributed by atoms with Crippen LogP contribution in [0.1, 0.15) is 62.1 Å². The van der Waals surface area contributed by atoms with Crippen LogP contribution in [-0.2, 0) is 11.2 Å². The van der Waals surface area contributed by atoms with Gasteiger partial charge in [0.05, 0.1) is 0 Å². The van der Waals surface area contributed by atoms with Crippen molar-refractivity contribution in [2.24, 2.45) is 5.92 Å². The van der Waals surface area contributed by atoms with Gasteiger partial charge in [-0.25, -0.2) is 0 Å². The molecular formula is C23H31N2O2+. The highest BCUT2D eigenvalue weighted by Gasteiger charge is 2.26. The first-order valence-electron chi connectivity index (χ1n) is 9.67. The predicted octanol–water partition coefficient (Wildman–Crippen LogP) is 3.74. The summed E-state index contributed by atoms with van der Waals surface area (Å²) in [5, 5.41) is 5.05. The zero-order valence-electron chi connectivity index (χ0n) is 17.0. The van der Waals surface area contributed by atoms with Gasteiger partial charge in [-0.15, -0.1) is 0 Å². The van der Waals surface area contributed by atoms with Crippen LogP contribution in [-0.4, -0.2) is 17.7 Å². The van der Waals surface area contributed by atoms with Crippen LogP contribution >= 0.6 is 0 Å². The molecule has 0 aliphatic heterocycles. The minimum atomic E-state index is -0.246. The third-order valence-electron chi connectivity index (χ3n) is 4.94. The van der Waals surface area contributed by atoms with Gasteiger partial charge in [-0.1, -0.05) is 57.2 Å². The van der Waals surface area contributed by atoms with Crippen LogP contribution in [0.5, 0.6) is 0 Å². The molecule has 4 nitrogen and oxygen atoms in total. The molecule has 0 fully saturated rings. The molecule has 0 aliphatic carbocycles. The average Bonchev–Trinajstić information content (AvgIpc) is 2.66. The SMILES string of the molecule is CCc1ccc([C@@H]([NH2+][C@H](C)C(=O)Nc2cccc(C(C)=O)c2)C(C)C)cc1.